The third-order valence-electron chi connectivity index (χ3n) is 3.31. The fourth-order valence-electron chi connectivity index (χ4n) is 2.12. The Labute approximate surface area is 141 Å². The van der Waals surface area contributed by atoms with Gasteiger partial charge in [0, 0.05) is 0 Å². The number of alkyl halides is 3. The van der Waals surface area contributed by atoms with Gasteiger partial charge in [0.25, 0.3) is 0 Å². The van der Waals surface area contributed by atoms with Crippen LogP contribution in [0.4, 0.5) is 13.2 Å². The van der Waals surface area contributed by atoms with Crippen LogP contribution in [0.25, 0.3) is 0 Å². The van der Waals surface area contributed by atoms with E-state index in [1.807, 2.05) is 0 Å². The Morgan fingerprint density at radius 2 is 1.32 bits per heavy atom. The second-order valence-corrected chi connectivity index (χ2v) is 5.17. The van der Waals surface area contributed by atoms with E-state index in [-0.39, 0.29) is 11.5 Å². The molecule has 0 bridgehead atoms. The third-order valence-corrected chi connectivity index (χ3v) is 3.31. The van der Waals surface area contributed by atoms with E-state index in [1.54, 1.807) is 42.5 Å². The molecule has 3 aromatic rings. The highest BCUT2D eigenvalue weighted by atomic mass is 19.4. The quantitative estimate of drug-likeness (QED) is 0.630. The van der Waals surface area contributed by atoms with Crippen molar-refractivity contribution in [3.05, 3.63) is 78.4 Å². The summed E-state index contributed by atoms with van der Waals surface area (Å²) in [4.78, 5) is 0. The highest BCUT2D eigenvalue weighted by Gasteiger charge is 2.30. The number of benzene rings is 3. The molecule has 128 valence electrons. The van der Waals surface area contributed by atoms with Crippen LogP contribution in [0.3, 0.4) is 0 Å². The Morgan fingerprint density at radius 3 is 1.96 bits per heavy atom. The Kier molecular flexibility index (Phi) is 4.52. The first-order valence-electron chi connectivity index (χ1n) is 7.33. The topological polar surface area (TPSA) is 38.7 Å². The summed E-state index contributed by atoms with van der Waals surface area (Å²) >= 11 is 0. The van der Waals surface area contributed by atoms with Crippen molar-refractivity contribution in [1.29, 1.82) is 0 Å². The average Bonchev–Trinajstić information content (AvgIpc) is 2.58. The summed E-state index contributed by atoms with van der Waals surface area (Å²) in [5.41, 5.74) is -0.774. The van der Waals surface area contributed by atoms with E-state index in [0.29, 0.717) is 17.2 Å². The molecule has 0 fully saturated rings. The molecule has 0 aliphatic heterocycles. The van der Waals surface area contributed by atoms with Crippen molar-refractivity contribution in [2.24, 2.45) is 0 Å². The van der Waals surface area contributed by atoms with Gasteiger partial charge in [-0.3, -0.25) is 0 Å². The molecule has 3 aromatic carbocycles. The second-order valence-electron chi connectivity index (χ2n) is 5.17. The number of ether oxygens (including phenoxy) is 2. The zero-order chi connectivity index (χ0) is 17.9. The van der Waals surface area contributed by atoms with Crippen LogP contribution >= 0.6 is 0 Å². The lowest BCUT2D eigenvalue weighted by molar-refractivity contribution is -0.137. The maximum Gasteiger partial charge on any atom is 0.416 e. The number of para-hydroxylation sites is 2. The number of phenolic OH excluding ortho intramolecular Hbond substituents is 1. The Balaban J connectivity index is 1.72. The molecule has 6 heteroatoms. The zero-order valence-electron chi connectivity index (χ0n) is 12.8. The predicted molar refractivity (Wildman–Crippen MR) is 86.1 cm³/mol. The Bertz CT molecular complexity index is 858. The number of hydrogen-bond acceptors (Lipinski definition) is 3. The molecule has 0 amide bonds. The minimum atomic E-state index is -4.42. The Hall–Kier alpha value is -3.15. The minimum absolute atomic E-state index is 0.00629. The van der Waals surface area contributed by atoms with Gasteiger partial charge in [-0.1, -0.05) is 18.2 Å². The van der Waals surface area contributed by atoms with Gasteiger partial charge in [-0.15, -0.1) is 0 Å². The van der Waals surface area contributed by atoms with E-state index in [4.69, 9.17) is 9.47 Å². The van der Waals surface area contributed by atoms with Crippen LogP contribution in [0, 0.1) is 0 Å². The van der Waals surface area contributed by atoms with E-state index < -0.39 is 11.7 Å². The molecule has 0 aliphatic carbocycles. The first kappa shape index (κ1) is 16.7. The van der Waals surface area contributed by atoms with Gasteiger partial charge in [-0.2, -0.15) is 13.2 Å². The number of halogens is 3. The van der Waals surface area contributed by atoms with Gasteiger partial charge >= 0.3 is 6.18 Å². The maximum atomic E-state index is 12.7. The van der Waals surface area contributed by atoms with Crippen LogP contribution in [-0.2, 0) is 6.18 Å². The van der Waals surface area contributed by atoms with Crippen molar-refractivity contribution in [2.45, 2.75) is 6.18 Å². The van der Waals surface area contributed by atoms with E-state index in [0.717, 1.165) is 12.1 Å². The van der Waals surface area contributed by atoms with E-state index in [1.165, 1.54) is 18.2 Å². The molecule has 0 saturated carbocycles. The minimum Gasteiger partial charge on any atom is -0.504 e. The molecule has 3 nitrogen and oxygen atoms in total. The van der Waals surface area contributed by atoms with Crippen molar-refractivity contribution >= 4 is 0 Å². The average molecular weight is 346 g/mol. The molecule has 0 aromatic heterocycles. The Morgan fingerprint density at radius 1 is 0.680 bits per heavy atom. The molecule has 0 heterocycles. The van der Waals surface area contributed by atoms with Crippen LogP contribution in [0.5, 0.6) is 28.7 Å². The lowest BCUT2D eigenvalue weighted by atomic mass is 10.2. The molecule has 1 N–H and O–H groups in total. The standard InChI is InChI=1S/C19H13F3O3/c20-19(21,22)13-4-3-5-16(12-13)24-14-8-10-15(11-9-14)25-18-7-2-1-6-17(18)23/h1-12,23H. The molecule has 0 saturated heterocycles. The van der Waals surface area contributed by atoms with Gasteiger partial charge in [0.1, 0.15) is 17.2 Å². The van der Waals surface area contributed by atoms with Gasteiger partial charge in [-0.05, 0) is 54.6 Å². The molecule has 0 spiro atoms. The van der Waals surface area contributed by atoms with E-state index in [2.05, 4.69) is 0 Å². The van der Waals surface area contributed by atoms with Gasteiger partial charge in [0.2, 0.25) is 0 Å². The molecule has 0 atom stereocenters. The molecular weight excluding hydrogens is 333 g/mol. The van der Waals surface area contributed by atoms with Gasteiger partial charge in [0.05, 0.1) is 5.56 Å². The first-order valence-corrected chi connectivity index (χ1v) is 7.33. The molecular formula is C19H13F3O3. The van der Waals surface area contributed by atoms with Crippen molar-refractivity contribution in [2.75, 3.05) is 0 Å². The van der Waals surface area contributed by atoms with Gasteiger partial charge < -0.3 is 14.6 Å². The van der Waals surface area contributed by atoms with Crippen molar-refractivity contribution in [3.8, 4) is 28.7 Å². The van der Waals surface area contributed by atoms with Crippen molar-refractivity contribution < 1.29 is 27.8 Å². The summed E-state index contributed by atoms with van der Waals surface area (Å²) in [5, 5.41) is 9.67. The summed E-state index contributed by atoms with van der Waals surface area (Å²) in [6.07, 6.45) is -4.42. The summed E-state index contributed by atoms with van der Waals surface area (Å²) in [5.74, 6) is 1.21. The smallest absolute Gasteiger partial charge is 0.416 e. The van der Waals surface area contributed by atoms with Gasteiger partial charge in [0.15, 0.2) is 11.5 Å². The van der Waals surface area contributed by atoms with E-state index in [9.17, 15) is 18.3 Å². The third kappa shape index (κ3) is 4.23. The summed E-state index contributed by atoms with van der Waals surface area (Å²) in [7, 11) is 0. The highest BCUT2D eigenvalue weighted by Crippen LogP contribution is 2.34. The largest absolute Gasteiger partial charge is 0.504 e. The maximum absolute atomic E-state index is 12.7. The predicted octanol–water partition coefficient (Wildman–Crippen LogP) is 6.00. The number of aromatic hydroxyl groups is 1. The summed E-state index contributed by atoms with van der Waals surface area (Å²) in [6, 6.07) is 17.5. The number of phenols is 1. The highest BCUT2D eigenvalue weighted by molar-refractivity contribution is 5.43. The van der Waals surface area contributed by atoms with E-state index >= 15 is 0 Å². The summed E-state index contributed by atoms with van der Waals surface area (Å²) in [6.45, 7) is 0. The van der Waals surface area contributed by atoms with Crippen molar-refractivity contribution in [3.63, 3.8) is 0 Å². The van der Waals surface area contributed by atoms with Crippen LogP contribution in [0.2, 0.25) is 0 Å². The van der Waals surface area contributed by atoms with Gasteiger partial charge in [-0.25, -0.2) is 0 Å². The summed E-state index contributed by atoms with van der Waals surface area (Å²) < 4.78 is 49.1. The molecule has 0 radical (unpaired) electrons. The number of hydrogen-bond donors (Lipinski definition) is 1. The fourth-order valence-corrected chi connectivity index (χ4v) is 2.12. The van der Waals surface area contributed by atoms with Crippen molar-refractivity contribution in [1.82, 2.24) is 0 Å². The van der Waals surface area contributed by atoms with Crippen LogP contribution in [0.1, 0.15) is 5.56 Å². The van der Waals surface area contributed by atoms with Crippen LogP contribution in [-0.4, -0.2) is 5.11 Å². The molecule has 25 heavy (non-hydrogen) atoms. The van der Waals surface area contributed by atoms with Crippen LogP contribution in [0.15, 0.2) is 72.8 Å². The first-order chi connectivity index (χ1) is 11.9. The molecule has 0 unspecified atom stereocenters. The van der Waals surface area contributed by atoms with Crippen LogP contribution < -0.4 is 9.47 Å². The molecule has 3 rings (SSSR count). The zero-order valence-corrected chi connectivity index (χ0v) is 12.8. The molecule has 0 aliphatic rings. The number of rotatable bonds is 4. The monoisotopic (exact) mass is 346 g/mol. The lowest BCUT2D eigenvalue weighted by Gasteiger charge is -2.11. The fraction of sp³-hybridized carbons (Fsp3) is 0.0526. The SMILES string of the molecule is Oc1ccccc1Oc1ccc(Oc2cccc(C(F)(F)F)c2)cc1. The lowest BCUT2D eigenvalue weighted by Crippen LogP contribution is -2.04. The normalized spacial score (nSPS) is 11.2. The second kappa shape index (κ2) is 6.76.